The molecule has 1 N–H and O–H groups in total. The lowest BCUT2D eigenvalue weighted by molar-refractivity contribution is 0.0952. The lowest BCUT2D eigenvalue weighted by Gasteiger charge is -2.12. The van der Waals surface area contributed by atoms with Crippen LogP contribution >= 0.6 is 0 Å². The molecule has 0 saturated heterocycles. The van der Waals surface area contributed by atoms with Crippen molar-refractivity contribution in [1.82, 2.24) is 14.9 Å². The average Bonchev–Trinajstić information content (AvgIpc) is 2.82. The molecule has 0 radical (unpaired) electrons. The van der Waals surface area contributed by atoms with Gasteiger partial charge in [-0.15, -0.1) is 0 Å². The summed E-state index contributed by atoms with van der Waals surface area (Å²) in [5.74, 6) is -0.0274. The van der Waals surface area contributed by atoms with Crippen molar-refractivity contribution in [1.29, 1.82) is 0 Å². The molecule has 4 rings (SSSR count). The van der Waals surface area contributed by atoms with E-state index < -0.39 is 11.5 Å². The molecule has 0 saturated carbocycles. The van der Waals surface area contributed by atoms with Crippen LogP contribution in [0.25, 0.3) is 11.0 Å². The van der Waals surface area contributed by atoms with E-state index in [0.29, 0.717) is 24.0 Å². The second-order valence-corrected chi connectivity index (χ2v) is 7.35. The van der Waals surface area contributed by atoms with E-state index in [4.69, 9.17) is 4.74 Å². The largest absolute Gasteiger partial charge is 0.497 e. The summed E-state index contributed by atoms with van der Waals surface area (Å²) in [6, 6.07) is 18.6. The summed E-state index contributed by atoms with van der Waals surface area (Å²) < 4.78 is 19.9. The SMILES string of the molecule is COc1ccc(CCNC(=O)c2cc3cccnc3n(Cc3ccc(F)cc3)c2=O)cc1. The summed E-state index contributed by atoms with van der Waals surface area (Å²) in [5.41, 5.74) is 1.85. The fourth-order valence-electron chi connectivity index (χ4n) is 3.50. The molecule has 0 unspecified atom stereocenters. The van der Waals surface area contributed by atoms with E-state index in [0.717, 1.165) is 16.9 Å². The summed E-state index contributed by atoms with van der Waals surface area (Å²) in [5, 5.41) is 3.50. The Labute approximate surface area is 184 Å². The minimum Gasteiger partial charge on any atom is -0.497 e. The predicted molar refractivity (Wildman–Crippen MR) is 121 cm³/mol. The second kappa shape index (κ2) is 9.43. The highest BCUT2D eigenvalue weighted by atomic mass is 19.1. The van der Waals surface area contributed by atoms with Crippen LogP contribution in [-0.4, -0.2) is 29.1 Å². The molecular weight excluding hydrogens is 409 g/mol. The highest BCUT2D eigenvalue weighted by Crippen LogP contribution is 2.14. The highest BCUT2D eigenvalue weighted by Gasteiger charge is 2.16. The molecule has 0 fully saturated rings. The van der Waals surface area contributed by atoms with Gasteiger partial charge < -0.3 is 10.1 Å². The van der Waals surface area contributed by atoms with Crippen LogP contribution in [-0.2, 0) is 13.0 Å². The van der Waals surface area contributed by atoms with Crippen molar-refractivity contribution in [2.24, 2.45) is 0 Å². The number of carbonyl (C=O) groups is 1. The second-order valence-electron chi connectivity index (χ2n) is 7.35. The number of hydrogen-bond donors (Lipinski definition) is 1. The van der Waals surface area contributed by atoms with E-state index in [1.807, 2.05) is 24.3 Å². The number of pyridine rings is 2. The van der Waals surface area contributed by atoms with Gasteiger partial charge in [-0.3, -0.25) is 14.2 Å². The molecule has 7 heteroatoms. The average molecular weight is 431 g/mol. The van der Waals surface area contributed by atoms with E-state index in [1.165, 1.54) is 16.7 Å². The van der Waals surface area contributed by atoms with Crippen LogP contribution in [0, 0.1) is 5.82 Å². The van der Waals surface area contributed by atoms with Crippen molar-refractivity contribution in [2.75, 3.05) is 13.7 Å². The van der Waals surface area contributed by atoms with Gasteiger partial charge in [0.05, 0.1) is 13.7 Å². The van der Waals surface area contributed by atoms with Crippen LogP contribution in [0.2, 0.25) is 0 Å². The first-order valence-corrected chi connectivity index (χ1v) is 10.2. The summed E-state index contributed by atoms with van der Waals surface area (Å²) in [4.78, 5) is 30.3. The third-order valence-electron chi connectivity index (χ3n) is 5.20. The Bertz CT molecular complexity index is 1300. The molecule has 0 atom stereocenters. The zero-order valence-electron chi connectivity index (χ0n) is 17.5. The Morgan fingerprint density at radius 2 is 1.78 bits per heavy atom. The maximum atomic E-state index is 13.3. The number of fused-ring (bicyclic) bond motifs is 1. The van der Waals surface area contributed by atoms with Crippen molar-refractivity contribution >= 4 is 16.9 Å². The third kappa shape index (κ3) is 4.67. The maximum absolute atomic E-state index is 13.3. The third-order valence-corrected chi connectivity index (χ3v) is 5.20. The fraction of sp³-hybridized carbons (Fsp3) is 0.160. The summed E-state index contributed by atoms with van der Waals surface area (Å²) in [7, 11) is 1.61. The molecule has 0 aliphatic carbocycles. The maximum Gasteiger partial charge on any atom is 0.265 e. The Kier molecular flexibility index (Phi) is 6.26. The number of benzene rings is 2. The first-order valence-electron chi connectivity index (χ1n) is 10.2. The highest BCUT2D eigenvalue weighted by molar-refractivity contribution is 5.96. The van der Waals surface area contributed by atoms with Gasteiger partial charge in [0.1, 0.15) is 22.8 Å². The van der Waals surface area contributed by atoms with Gasteiger partial charge in [0.25, 0.3) is 11.5 Å². The minimum atomic E-state index is -0.442. The van der Waals surface area contributed by atoms with E-state index >= 15 is 0 Å². The van der Waals surface area contributed by atoms with Gasteiger partial charge >= 0.3 is 0 Å². The van der Waals surface area contributed by atoms with Gasteiger partial charge in [-0.2, -0.15) is 0 Å². The number of methoxy groups -OCH3 is 1. The van der Waals surface area contributed by atoms with Crippen molar-refractivity contribution in [2.45, 2.75) is 13.0 Å². The van der Waals surface area contributed by atoms with Crippen LogP contribution < -0.4 is 15.6 Å². The molecule has 6 nitrogen and oxygen atoms in total. The van der Waals surface area contributed by atoms with E-state index in [2.05, 4.69) is 10.3 Å². The monoisotopic (exact) mass is 431 g/mol. The number of aromatic nitrogens is 2. The molecule has 0 aliphatic heterocycles. The number of nitrogens with zero attached hydrogens (tertiary/aromatic N) is 2. The molecule has 4 aromatic rings. The molecule has 2 heterocycles. The van der Waals surface area contributed by atoms with Crippen molar-refractivity contribution < 1.29 is 13.9 Å². The molecule has 32 heavy (non-hydrogen) atoms. The number of halogens is 1. The normalized spacial score (nSPS) is 10.8. The van der Waals surface area contributed by atoms with Gasteiger partial charge in [-0.1, -0.05) is 24.3 Å². The number of nitrogens with one attached hydrogen (secondary N) is 1. The van der Waals surface area contributed by atoms with Crippen LogP contribution in [0.5, 0.6) is 5.75 Å². The summed E-state index contributed by atoms with van der Waals surface area (Å²) in [6.45, 7) is 0.563. The Morgan fingerprint density at radius 3 is 2.50 bits per heavy atom. The summed E-state index contributed by atoms with van der Waals surface area (Å²) in [6.07, 6.45) is 2.21. The number of ether oxygens (including phenoxy) is 1. The Balaban J connectivity index is 1.57. The minimum absolute atomic E-state index is 0.0438. The summed E-state index contributed by atoms with van der Waals surface area (Å²) >= 11 is 0. The number of carbonyl (C=O) groups excluding carboxylic acids is 1. The van der Waals surface area contributed by atoms with E-state index in [9.17, 15) is 14.0 Å². The van der Waals surface area contributed by atoms with E-state index in [1.54, 1.807) is 43.6 Å². The van der Waals surface area contributed by atoms with Gasteiger partial charge in [0.15, 0.2) is 0 Å². The number of hydrogen-bond acceptors (Lipinski definition) is 4. The standard InChI is InChI=1S/C25H22FN3O3/c1-32-21-10-6-17(7-11-21)12-14-28-24(30)22-15-19-3-2-13-27-23(19)29(25(22)31)16-18-4-8-20(26)9-5-18/h2-11,13,15H,12,14,16H2,1H3,(H,28,30). The van der Waals surface area contributed by atoms with Crippen molar-refractivity contribution in [3.63, 3.8) is 0 Å². The van der Waals surface area contributed by atoms with Gasteiger partial charge in [0.2, 0.25) is 0 Å². The quantitative estimate of drug-likeness (QED) is 0.486. The molecule has 0 spiro atoms. The first-order chi connectivity index (χ1) is 15.5. The Hall–Kier alpha value is -4.00. The molecule has 0 aliphatic rings. The first kappa shape index (κ1) is 21.2. The zero-order chi connectivity index (χ0) is 22.5. The van der Waals surface area contributed by atoms with Gasteiger partial charge in [-0.25, -0.2) is 9.37 Å². The van der Waals surface area contributed by atoms with Gasteiger partial charge in [0, 0.05) is 18.1 Å². The van der Waals surface area contributed by atoms with Crippen LogP contribution in [0.1, 0.15) is 21.5 Å². The van der Waals surface area contributed by atoms with Crippen molar-refractivity contribution in [3.8, 4) is 5.75 Å². The van der Waals surface area contributed by atoms with Gasteiger partial charge in [-0.05, 0) is 60.0 Å². The molecule has 2 aromatic carbocycles. The molecule has 1 amide bonds. The molecule has 2 aromatic heterocycles. The number of rotatable bonds is 7. The lowest BCUT2D eigenvalue weighted by atomic mass is 10.1. The smallest absolute Gasteiger partial charge is 0.265 e. The molecule has 162 valence electrons. The van der Waals surface area contributed by atoms with Crippen LogP contribution in [0.15, 0.2) is 77.7 Å². The predicted octanol–water partition coefficient (Wildman–Crippen LogP) is 3.57. The molecular formula is C25H22FN3O3. The van der Waals surface area contributed by atoms with Crippen LogP contribution in [0.4, 0.5) is 4.39 Å². The van der Waals surface area contributed by atoms with Crippen molar-refractivity contribution in [3.05, 3.63) is 106 Å². The van der Waals surface area contributed by atoms with E-state index in [-0.39, 0.29) is 17.9 Å². The number of amides is 1. The van der Waals surface area contributed by atoms with Crippen LogP contribution in [0.3, 0.4) is 0 Å². The zero-order valence-corrected chi connectivity index (χ0v) is 17.5. The Morgan fingerprint density at radius 1 is 1.06 bits per heavy atom. The topological polar surface area (TPSA) is 73.2 Å². The molecule has 0 bridgehead atoms. The fourth-order valence-corrected chi connectivity index (χ4v) is 3.50. The lowest BCUT2D eigenvalue weighted by Crippen LogP contribution is -2.34.